The van der Waals surface area contributed by atoms with Gasteiger partial charge in [0, 0.05) is 0 Å². The molecule has 0 fully saturated rings. The van der Waals surface area contributed by atoms with Gasteiger partial charge in [-0.15, -0.1) is 0 Å². The highest BCUT2D eigenvalue weighted by atomic mass is 17.1. The third kappa shape index (κ3) is 5.45. The molecule has 5 nitrogen and oxygen atoms in total. The van der Waals surface area contributed by atoms with Crippen LogP contribution in [-0.4, -0.2) is 17.5 Å². The first-order valence-corrected chi connectivity index (χ1v) is 3.20. The highest BCUT2D eigenvalue weighted by molar-refractivity contribution is 4.69. The van der Waals surface area contributed by atoms with E-state index in [1.165, 1.54) is 0 Å². The topological polar surface area (TPSA) is 78.0 Å². The first-order valence-electron chi connectivity index (χ1n) is 3.20. The summed E-state index contributed by atoms with van der Waals surface area (Å²) in [7, 11) is 0. The lowest BCUT2D eigenvalue weighted by Crippen LogP contribution is -2.18. The maximum absolute atomic E-state index is 8.23. The standard InChI is InChI=1S/C6H11N3O2/c1-6(2,11-10)9-8-5-3-4-7/h10H,3,5H2,1-2H3. The van der Waals surface area contributed by atoms with E-state index in [0.717, 1.165) is 0 Å². The van der Waals surface area contributed by atoms with Crippen molar-refractivity contribution >= 4 is 0 Å². The Balaban J connectivity index is 3.66. The Bertz CT molecular complexity index is 171. The molecule has 0 bridgehead atoms. The summed E-state index contributed by atoms with van der Waals surface area (Å²) in [6.45, 7) is 3.45. The largest absolute Gasteiger partial charge is 0.249 e. The number of hydrogen-bond donors (Lipinski definition) is 1. The monoisotopic (exact) mass is 157 g/mol. The van der Waals surface area contributed by atoms with Gasteiger partial charge >= 0.3 is 0 Å². The summed E-state index contributed by atoms with van der Waals surface area (Å²) in [6.07, 6.45) is 0.324. The van der Waals surface area contributed by atoms with Crippen LogP contribution in [0.4, 0.5) is 0 Å². The predicted octanol–water partition coefficient (Wildman–Crippen LogP) is 1.58. The number of hydrogen-bond acceptors (Lipinski definition) is 5. The van der Waals surface area contributed by atoms with Crippen molar-refractivity contribution in [3.8, 4) is 6.07 Å². The minimum absolute atomic E-state index is 0.324. The third-order valence-corrected chi connectivity index (χ3v) is 0.859. The summed E-state index contributed by atoms with van der Waals surface area (Å²) in [4.78, 5) is 3.97. The number of rotatable bonds is 4. The Kier molecular flexibility index (Phi) is 4.34. The highest BCUT2D eigenvalue weighted by Gasteiger charge is 2.15. The molecule has 0 heterocycles. The first-order chi connectivity index (χ1) is 5.12. The second kappa shape index (κ2) is 4.77. The Morgan fingerprint density at radius 2 is 2.27 bits per heavy atom. The molecule has 62 valence electrons. The summed E-state index contributed by atoms with van der Waals surface area (Å²) < 4.78 is 0. The second-order valence-corrected chi connectivity index (χ2v) is 2.41. The second-order valence-electron chi connectivity index (χ2n) is 2.41. The average Bonchev–Trinajstić information content (AvgIpc) is 1.99. The summed E-state index contributed by atoms with van der Waals surface area (Å²) >= 11 is 0. The third-order valence-electron chi connectivity index (χ3n) is 0.859. The van der Waals surface area contributed by atoms with E-state index >= 15 is 0 Å². The van der Waals surface area contributed by atoms with Crippen LogP contribution in [0.2, 0.25) is 0 Å². The van der Waals surface area contributed by atoms with Gasteiger partial charge in [-0.1, -0.05) is 0 Å². The van der Waals surface area contributed by atoms with E-state index in [0.29, 0.717) is 13.0 Å². The number of nitrogens with zero attached hydrogens (tertiary/aromatic N) is 3. The van der Waals surface area contributed by atoms with Crippen molar-refractivity contribution in [3.05, 3.63) is 0 Å². The van der Waals surface area contributed by atoms with Crippen LogP contribution in [0.1, 0.15) is 20.3 Å². The van der Waals surface area contributed by atoms with Gasteiger partial charge in [-0.2, -0.15) is 15.5 Å². The van der Waals surface area contributed by atoms with Gasteiger partial charge in [0.25, 0.3) is 0 Å². The summed E-state index contributed by atoms with van der Waals surface area (Å²) in [6, 6.07) is 1.91. The Morgan fingerprint density at radius 1 is 1.64 bits per heavy atom. The van der Waals surface area contributed by atoms with Gasteiger partial charge in [-0.25, -0.2) is 10.1 Å². The van der Waals surface area contributed by atoms with Gasteiger partial charge in [0.05, 0.1) is 19.0 Å². The van der Waals surface area contributed by atoms with Crippen LogP contribution in [0, 0.1) is 11.3 Å². The van der Waals surface area contributed by atoms with Crippen molar-refractivity contribution < 1.29 is 10.1 Å². The highest BCUT2D eigenvalue weighted by Crippen LogP contribution is 2.08. The molecule has 0 rings (SSSR count). The van der Waals surface area contributed by atoms with Crippen molar-refractivity contribution in [1.29, 1.82) is 5.26 Å². The Labute approximate surface area is 65.2 Å². The average molecular weight is 157 g/mol. The SMILES string of the molecule is CC(C)(N=NCCC#N)OO. The fraction of sp³-hybridized carbons (Fsp3) is 0.833. The fourth-order valence-electron chi connectivity index (χ4n) is 0.339. The van der Waals surface area contributed by atoms with E-state index in [1.807, 2.05) is 6.07 Å². The lowest BCUT2D eigenvalue weighted by atomic mass is 10.3. The molecule has 0 aromatic rings. The molecule has 0 aromatic carbocycles. The maximum Gasteiger partial charge on any atom is 0.206 e. The number of nitriles is 1. The molecule has 0 aliphatic heterocycles. The molecule has 0 spiro atoms. The molecule has 0 saturated heterocycles. The van der Waals surface area contributed by atoms with Crippen molar-refractivity contribution in [2.75, 3.05) is 6.54 Å². The first kappa shape index (κ1) is 10.0. The summed E-state index contributed by atoms with van der Waals surface area (Å²) in [5.74, 6) is 0. The van der Waals surface area contributed by atoms with E-state index < -0.39 is 5.72 Å². The van der Waals surface area contributed by atoms with E-state index in [9.17, 15) is 0 Å². The van der Waals surface area contributed by atoms with Crippen LogP contribution in [0.15, 0.2) is 10.2 Å². The number of azo groups is 1. The zero-order valence-electron chi connectivity index (χ0n) is 6.61. The molecule has 0 radical (unpaired) electrons. The van der Waals surface area contributed by atoms with Crippen molar-refractivity contribution in [2.24, 2.45) is 10.2 Å². The van der Waals surface area contributed by atoms with Crippen LogP contribution in [0.25, 0.3) is 0 Å². The molecule has 0 unspecified atom stereocenters. The Hall–Kier alpha value is -0.990. The molecule has 0 atom stereocenters. The maximum atomic E-state index is 8.23. The van der Waals surface area contributed by atoms with Gasteiger partial charge in [0.2, 0.25) is 5.72 Å². The van der Waals surface area contributed by atoms with Crippen LogP contribution >= 0.6 is 0 Å². The molecular weight excluding hydrogens is 146 g/mol. The van der Waals surface area contributed by atoms with E-state index in [-0.39, 0.29) is 0 Å². The molecule has 0 aliphatic carbocycles. The van der Waals surface area contributed by atoms with Crippen molar-refractivity contribution in [1.82, 2.24) is 0 Å². The molecule has 11 heavy (non-hydrogen) atoms. The van der Waals surface area contributed by atoms with Gasteiger partial charge in [-0.05, 0) is 13.8 Å². The zero-order valence-corrected chi connectivity index (χ0v) is 6.61. The summed E-state index contributed by atoms with van der Waals surface area (Å²) in [5, 5.41) is 23.6. The zero-order chi connectivity index (χ0) is 8.74. The lowest BCUT2D eigenvalue weighted by molar-refractivity contribution is -0.311. The predicted molar refractivity (Wildman–Crippen MR) is 37.7 cm³/mol. The van der Waals surface area contributed by atoms with Crippen LogP contribution in [0.3, 0.4) is 0 Å². The fourth-order valence-corrected chi connectivity index (χ4v) is 0.339. The van der Waals surface area contributed by atoms with Gasteiger partial charge in [-0.3, -0.25) is 0 Å². The van der Waals surface area contributed by atoms with Gasteiger partial charge in [0.1, 0.15) is 0 Å². The van der Waals surface area contributed by atoms with Crippen molar-refractivity contribution in [3.63, 3.8) is 0 Å². The molecule has 0 saturated carbocycles. The molecule has 1 N–H and O–H groups in total. The molecule has 0 amide bonds. The Morgan fingerprint density at radius 3 is 2.73 bits per heavy atom. The molecule has 0 aliphatic rings. The summed E-state index contributed by atoms with van der Waals surface area (Å²) in [5.41, 5.74) is -1.00. The molecule has 0 aromatic heterocycles. The smallest absolute Gasteiger partial charge is 0.206 e. The van der Waals surface area contributed by atoms with Crippen LogP contribution in [-0.2, 0) is 4.89 Å². The van der Waals surface area contributed by atoms with E-state index in [2.05, 4.69) is 15.1 Å². The van der Waals surface area contributed by atoms with Crippen LogP contribution < -0.4 is 0 Å². The quantitative estimate of drug-likeness (QED) is 0.291. The molecule has 5 heteroatoms. The minimum atomic E-state index is -1.00. The minimum Gasteiger partial charge on any atom is -0.249 e. The normalized spacial score (nSPS) is 11.8. The van der Waals surface area contributed by atoms with Crippen LogP contribution in [0.5, 0.6) is 0 Å². The molecular formula is C6H11N3O2. The van der Waals surface area contributed by atoms with Crippen molar-refractivity contribution in [2.45, 2.75) is 26.0 Å². The van der Waals surface area contributed by atoms with E-state index in [1.54, 1.807) is 13.8 Å². The van der Waals surface area contributed by atoms with E-state index in [4.69, 9.17) is 10.5 Å². The lowest BCUT2D eigenvalue weighted by Gasteiger charge is -2.11. The van der Waals surface area contributed by atoms with Gasteiger partial charge in [0.15, 0.2) is 0 Å². The van der Waals surface area contributed by atoms with Gasteiger partial charge < -0.3 is 0 Å².